The second kappa shape index (κ2) is 8.06. The third-order valence-electron chi connectivity index (χ3n) is 5.60. The predicted molar refractivity (Wildman–Crippen MR) is 114 cm³/mol. The summed E-state index contributed by atoms with van der Waals surface area (Å²) in [6, 6.07) is 10.5. The number of fused-ring (bicyclic) bond motifs is 2. The Morgan fingerprint density at radius 3 is 2.60 bits per heavy atom. The molecule has 4 aromatic rings. The van der Waals surface area contributed by atoms with Crippen LogP contribution in [-0.2, 0) is 0 Å². The van der Waals surface area contributed by atoms with E-state index in [-0.39, 0.29) is 47.8 Å². The molecular weight excluding hydrogens is 609 g/mol. The van der Waals surface area contributed by atoms with Crippen LogP contribution in [0.4, 0.5) is 15.8 Å². The van der Waals surface area contributed by atoms with Crippen LogP contribution in [-0.4, -0.2) is 53.1 Å². The number of nitrogen functional groups attached to an aromatic ring is 1. The van der Waals surface area contributed by atoms with Gasteiger partial charge in [-0.3, -0.25) is 4.79 Å². The fraction of sp³-hybridized carbons (Fsp3) is 0.238. The summed E-state index contributed by atoms with van der Waals surface area (Å²) in [5.41, 5.74) is 9.04. The second-order valence-corrected chi connectivity index (χ2v) is 7.48. The number of rotatable bonds is 2. The molecule has 2 aromatic heterocycles. The summed E-state index contributed by atoms with van der Waals surface area (Å²) in [4.78, 5) is 27.7. The number of hydrogen-bond donors (Lipinski definition) is 3. The Balaban J connectivity index is 0.00000218. The number of piperazine rings is 1. The van der Waals surface area contributed by atoms with Gasteiger partial charge in [-0.25, -0.2) is 9.37 Å². The molecule has 30 heavy (non-hydrogen) atoms. The van der Waals surface area contributed by atoms with Crippen LogP contribution in [0.5, 0.6) is 0 Å². The van der Waals surface area contributed by atoms with Gasteiger partial charge in [0.2, 0.25) is 0 Å². The Morgan fingerprint density at radius 2 is 1.83 bits per heavy atom. The van der Waals surface area contributed by atoms with Crippen LogP contribution in [0.2, 0.25) is 0 Å². The maximum absolute atomic E-state index is 14.3. The van der Waals surface area contributed by atoms with Crippen molar-refractivity contribution >= 4 is 33.3 Å². The zero-order valence-corrected chi connectivity index (χ0v) is 20.7. The number of H-pyrrole nitrogens is 2. The summed E-state index contributed by atoms with van der Waals surface area (Å²) in [5, 5.41) is 0.195. The fourth-order valence-electron chi connectivity index (χ4n) is 3.95. The molecule has 2 aromatic carbocycles. The molecule has 152 valence electrons. The molecule has 5 rings (SSSR count). The minimum Gasteiger partial charge on any atom is -0.397 e. The third kappa shape index (κ3) is 3.51. The average Bonchev–Trinajstić information content (AvgIpc) is 3.11. The quantitative estimate of drug-likeness (QED) is 0.317. The minimum absolute atomic E-state index is 0. The molecule has 7 nitrogen and oxygen atoms in total. The first kappa shape index (κ1) is 20.9. The van der Waals surface area contributed by atoms with Crippen LogP contribution in [0.25, 0.3) is 33.3 Å². The van der Waals surface area contributed by atoms with Crippen molar-refractivity contribution in [3.8, 4) is 11.4 Å². The van der Waals surface area contributed by atoms with Crippen molar-refractivity contribution in [1.29, 1.82) is 0 Å². The summed E-state index contributed by atoms with van der Waals surface area (Å²) >= 11 is 0. The predicted octanol–water partition coefficient (Wildman–Crippen LogP) is 2.54. The molecule has 0 unspecified atom stereocenters. The number of hydrogen-bond acceptors (Lipinski definition) is 5. The Hall–Kier alpha value is -2.34. The van der Waals surface area contributed by atoms with E-state index in [0.717, 1.165) is 42.9 Å². The van der Waals surface area contributed by atoms with E-state index in [0.29, 0.717) is 11.3 Å². The molecule has 0 bridgehead atoms. The van der Waals surface area contributed by atoms with Gasteiger partial charge in [-0.05, 0) is 37.4 Å². The Morgan fingerprint density at radius 1 is 1.07 bits per heavy atom. The summed E-state index contributed by atoms with van der Waals surface area (Å²) in [7, 11) is 2.12. The van der Waals surface area contributed by atoms with Crippen LogP contribution in [0.15, 0.2) is 41.2 Å². The van der Waals surface area contributed by atoms with E-state index < -0.39 is 11.4 Å². The van der Waals surface area contributed by atoms with Crippen molar-refractivity contribution in [2.45, 2.75) is 0 Å². The topological polar surface area (TPSA) is 94.0 Å². The number of pyridine rings is 1. The Labute approximate surface area is 195 Å². The smallest absolute Gasteiger partial charge is 0.261 e. The first-order chi connectivity index (χ1) is 14.0. The van der Waals surface area contributed by atoms with Gasteiger partial charge in [-0.15, -0.1) is 0 Å². The van der Waals surface area contributed by atoms with Gasteiger partial charge < -0.3 is 25.5 Å². The van der Waals surface area contributed by atoms with Crippen LogP contribution >= 0.6 is 0 Å². The molecule has 1 aliphatic rings. The maximum Gasteiger partial charge on any atom is 0.261 e. The van der Waals surface area contributed by atoms with E-state index in [2.05, 4.69) is 31.8 Å². The molecule has 0 radical (unpaired) electrons. The van der Waals surface area contributed by atoms with Crippen molar-refractivity contribution in [3.63, 3.8) is 0 Å². The number of halogens is 1. The molecule has 9 heteroatoms. The van der Waals surface area contributed by atoms with Gasteiger partial charge in [-0.1, -0.05) is 6.07 Å². The molecule has 1 fully saturated rings. The molecular formula is C21H21FN6OU. The number of nitrogens with one attached hydrogen (secondary N) is 2. The SMILES string of the molecule is CN1CCN(c2ccc3nc(-c4c(N)c5c(F)cccc5[nH]c4=O)[nH]c3c2)CC1.[U]. The molecule has 0 aliphatic carbocycles. The number of nitrogens with zero attached hydrogens (tertiary/aromatic N) is 3. The molecule has 1 aliphatic heterocycles. The third-order valence-corrected chi connectivity index (χ3v) is 5.60. The van der Waals surface area contributed by atoms with Gasteiger partial charge in [0.25, 0.3) is 5.56 Å². The van der Waals surface area contributed by atoms with E-state index in [1.54, 1.807) is 6.07 Å². The molecule has 0 amide bonds. The molecule has 0 saturated carbocycles. The van der Waals surface area contributed by atoms with Gasteiger partial charge in [0.15, 0.2) is 0 Å². The molecule has 0 spiro atoms. The summed E-state index contributed by atoms with van der Waals surface area (Å²) in [6.45, 7) is 3.95. The van der Waals surface area contributed by atoms with Crippen molar-refractivity contribution in [3.05, 3.63) is 52.6 Å². The van der Waals surface area contributed by atoms with Crippen molar-refractivity contribution < 1.29 is 35.5 Å². The number of aromatic amines is 2. The van der Waals surface area contributed by atoms with E-state index >= 15 is 0 Å². The van der Waals surface area contributed by atoms with Crippen LogP contribution < -0.4 is 16.2 Å². The number of imidazole rings is 1. The van der Waals surface area contributed by atoms with E-state index in [4.69, 9.17) is 5.73 Å². The van der Waals surface area contributed by atoms with Gasteiger partial charge in [-0.2, -0.15) is 0 Å². The number of aromatic nitrogens is 3. The maximum atomic E-state index is 14.3. The number of nitrogens with two attached hydrogens (primary N) is 1. The van der Waals surface area contributed by atoms with Gasteiger partial charge in [0, 0.05) is 63.0 Å². The summed E-state index contributed by atoms with van der Waals surface area (Å²) in [6.07, 6.45) is 0. The van der Waals surface area contributed by atoms with Crippen molar-refractivity contribution in [2.75, 3.05) is 43.9 Å². The van der Waals surface area contributed by atoms with E-state index in [9.17, 15) is 9.18 Å². The van der Waals surface area contributed by atoms with Crippen LogP contribution in [0.3, 0.4) is 0 Å². The van der Waals surface area contributed by atoms with Crippen LogP contribution in [0, 0.1) is 36.9 Å². The first-order valence-electron chi connectivity index (χ1n) is 9.55. The standard InChI is InChI=1S/C21H21FN6O.U/c1-27-7-9-28(10-8-27)12-5-6-14-16(11-12)25-20(24-14)18-19(23)17-13(22)3-2-4-15(17)26-21(18)29;/h2-6,11H,7-10H2,1H3,(H,24,25)(H3,23,26,29);. The minimum atomic E-state index is -0.481. The van der Waals surface area contributed by atoms with E-state index in [1.807, 2.05) is 18.2 Å². The zero-order chi connectivity index (χ0) is 20.1. The largest absolute Gasteiger partial charge is 0.397 e. The number of anilines is 2. The zero-order valence-electron chi connectivity index (χ0n) is 16.5. The normalized spacial score (nSPS) is 14.9. The van der Waals surface area contributed by atoms with Gasteiger partial charge >= 0.3 is 0 Å². The average molecular weight is 630 g/mol. The van der Waals surface area contributed by atoms with E-state index in [1.165, 1.54) is 12.1 Å². The second-order valence-electron chi connectivity index (χ2n) is 7.48. The summed E-state index contributed by atoms with van der Waals surface area (Å²) in [5.74, 6) is -0.148. The van der Waals surface area contributed by atoms with Crippen LogP contribution in [0.1, 0.15) is 0 Å². The first-order valence-corrected chi connectivity index (χ1v) is 9.55. The molecule has 3 heterocycles. The monoisotopic (exact) mass is 630 g/mol. The van der Waals surface area contributed by atoms with Gasteiger partial charge in [0.05, 0.1) is 27.6 Å². The number of benzene rings is 2. The fourth-order valence-corrected chi connectivity index (χ4v) is 3.95. The van der Waals surface area contributed by atoms with Gasteiger partial charge in [0.1, 0.15) is 17.2 Å². The number of likely N-dealkylation sites (N-methyl/N-ethyl adjacent to an activating group) is 1. The van der Waals surface area contributed by atoms with Crippen molar-refractivity contribution in [1.82, 2.24) is 19.9 Å². The Bertz CT molecular complexity index is 1290. The van der Waals surface area contributed by atoms with Crippen molar-refractivity contribution in [2.24, 2.45) is 0 Å². The molecule has 1 saturated heterocycles. The molecule has 4 N–H and O–H groups in total. The summed E-state index contributed by atoms with van der Waals surface area (Å²) < 4.78 is 14.3. The Kier molecular flexibility index (Phi) is 5.62. The molecule has 0 atom stereocenters.